The molecule has 0 aliphatic heterocycles. The lowest BCUT2D eigenvalue weighted by atomic mass is 10.6. The highest BCUT2D eigenvalue weighted by Crippen LogP contribution is 2.21. The van der Waals surface area contributed by atoms with E-state index in [-0.39, 0.29) is 0 Å². The second kappa shape index (κ2) is 6.08. The van der Waals surface area contributed by atoms with E-state index in [1.165, 1.54) is 0 Å². The van der Waals surface area contributed by atoms with Crippen LogP contribution in [0.1, 0.15) is 10.7 Å². The third-order valence-corrected chi connectivity index (χ3v) is 4.18. The molecule has 0 atom stereocenters. The van der Waals surface area contributed by atoms with E-state index in [0.717, 1.165) is 34.7 Å². The first-order valence-corrected chi connectivity index (χ1v) is 7.10. The van der Waals surface area contributed by atoms with E-state index in [0.29, 0.717) is 0 Å². The van der Waals surface area contributed by atoms with Crippen LogP contribution in [0.5, 0.6) is 0 Å². The summed E-state index contributed by atoms with van der Waals surface area (Å²) < 4.78 is 1.81. The van der Waals surface area contributed by atoms with Gasteiger partial charge >= 0.3 is 0 Å². The summed E-state index contributed by atoms with van der Waals surface area (Å²) in [6.07, 6.45) is 0. The highest BCUT2D eigenvalue weighted by molar-refractivity contribution is 7.98. The monoisotopic (exact) mass is 270 g/mol. The van der Waals surface area contributed by atoms with Crippen LogP contribution in [0.3, 0.4) is 0 Å². The Labute approximate surface area is 108 Å². The van der Waals surface area contributed by atoms with Gasteiger partial charge in [-0.15, -0.1) is 16.4 Å². The first-order chi connectivity index (χ1) is 8.29. The Morgan fingerprint density at radius 2 is 2.41 bits per heavy atom. The number of thioether (sulfide) groups is 1. The van der Waals surface area contributed by atoms with Crippen molar-refractivity contribution in [2.75, 3.05) is 13.6 Å². The molecule has 0 bridgehead atoms. The van der Waals surface area contributed by atoms with Crippen LogP contribution >= 0.6 is 23.1 Å². The summed E-state index contributed by atoms with van der Waals surface area (Å²) in [5.74, 6) is 0.818. The average Bonchev–Trinajstić information content (AvgIpc) is 2.92. The number of rotatable bonds is 6. The molecule has 1 N–H and O–H groups in total. The van der Waals surface area contributed by atoms with E-state index in [1.54, 1.807) is 23.1 Å². The summed E-state index contributed by atoms with van der Waals surface area (Å²) in [6.45, 7) is 3.64. The van der Waals surface area contributed by atoms with Crippen LogP contribution in [0, 0.1) is 6.92 Å². The van der Waals surface area contributed by atoms with Gasteiger partial charge in [-0.3, -0.25) is 0 Å². The lowest BCUT2D eigenvalue weighted by molar-refractivity contribution is 0.530. The second-order valence-electron chi connectivity index (χ2n) is 3.46. The predicted molar refractivity (Wildman–Crippen MR) is 68.2 cm³/mol. The zero-order chi connectivity index (χ0) is 12.1. The molecule has 0 radical (unpaired) electrons. The largest absolute Gasteiger partial charge is 0.318 e. The molecule has 0 spiro atoms. The van der Waals surface area contributed by atoms with Gasteiger partial charge in [0.1, 0.15) is 5.01 Å². The van der Waals surface area contributed by atoms with Crippen molar-refractivity contribution < 1.29 is 0 Å². The molecule has 0 saturated carbocycles. The van der Waals surface area contributed by atoms with Gasteiger partial charge in [0, 0.05) is 17.6 Å². The van der Waals surface area contributed by atoms with E-state index in [4.69, 9.17) is 0 Å². The van der Waals surface area contributed by atoms with Crippen molar-refractivity contribution >= 4 is 23.1 Å². The number of tetrazole rings is 1. The Bertz CT molecular complexity index is 466. The number of hydrogen-bond donors (Lipinski definition) is 1. The summed E-state index contributed by atoms with van der Waals surface area (Å²) in [5, 5.41) is 18.7. The van der Waals surface area contributed by atoms with Crippen molar-refractivity contribution in [2.45, 2.75) is 24.4 Å². The van der Waals surface area contributed by atoms with Crippen LogP contribution in [-0.4, -0.2) is 38.8 Å². The normalized spacial score (nSPS) is 10.9. The van der Waals surface area contributed by atoms with Gasteiger partial charge in [0.05, 0.1) is 12.3 Å². The van der Waals surface area contributed by atoms with Gasteiger partial charge in [-0.2, -0.15) is 0 Å². The van der Waals surface area contributed by atoms with Gasteiger partial charge in [0.15, 0.2) is 0 Å². The van der Waals surface area contributed by atoms with E-state index in [1.807, 2.05) is 18.7 Å². The quantitative estimate of drug-likeness (QED) is 0.788. The van der Waals surface area contributed by atoms with E-state index in [9.17, 15) is 0 Å². The van der Waals surface area contributed by atoms with Crippen LogP contribution in [0.4, 0.5) is 0 Å². The molecule has 2 heterocycles. The Kier molecular flexibility index (Phi) is 4.46. The van der Waals surface area contributed by atoms with Crippen molar-refractivity contribution in [3.63, 3.8) is 0 Å². The molecule has 0 aliphatic rings. The Hall–Kier alpha value is -0.990. The molecular formula is C9H14N6S2. The van der Waals surface area contributed by atoms with Crippen molar-refractivity contribution in [2.24, 2.45) is 0 Å². The van der Waals surface area contributed by atoms with Crippen molar-refractivity contribution in [1.82, 2.24) is 30.5 Å². The van der Waals surface area contributed by atoms with Crippen LogP contribution < -0.4 is 5.32 Å². The fourth-order valence-electron chi connectivity index (χ4n) is 1.25. The molecule has 2 aromatic heterocycles. The molecule has 0 amide bonds. The number of likely N-dealkylation sites (N-methyl/N-ethyl adjacent to an activating group) is 1. The summed E-state index contributed by atoms with van der Waals surface area (Å²) >= 11 is 3.29. The fraction of sp³-hybridized carbons (Fsp3) is 0.556. The minimum absolute atomic E-state index is 0.780. The lowest BCUT2D eigenvalue weighted by Gasteiger charge is -2.02. The van der Waals surface area contributed by atoms with E-state index in [2.05, 4.69) is 31.2 Å². The number of nitrogens with zero attached hydrogens (tertiary/aromatic N) is 5. The van der Waals surface area contributed by atoms with Crippen molar-refractivity contribution in [3.8, 4) is 0 Å². The maximum Gasteiger partial charge on any atom is 0.209 e. The summed E-state index contributed by atoms with van der Waals surface area (Å²) in [4.78, 5) is 4.41. The number of aromatic nitrogens is 5. The standard InChI is InChI=1S/C9H14N6S2/c1-7-5-16-8(11-7)6-17-9-12-13-14-15(9)4-3-10-2/h5,10H,3-4,6H2,1-2H3. The van der Waals surface area contributed by atoms with Crippen LogP contribution in [0.2, 0.25) is 0 Å². The maximum atomic E-state index is 4.41. The smallest absolute Gasteiger partial charge is 0.209 e. The van der Waals surface area contributed by atoms with Crippen LogP contribution in [0.25, 0.3) is 0 Å². The van der Waals surface area contributed by atoms with Gasteiger partial charge < -0.3 is 5.32 Å². The molecule has 0 fully saturated rings. The predicted octanol–water partition coefficient (Wildman–Crippen LogP) is 0.950. The van der Waals surface area contributed by atoms with Crippen LogP contribution in [0.15, 0.2) is 10.5 Å². The van der Waals surface area contributed by atoms with Gasteiger partial charge in [-0.1, -0.05) is 11.8 Å². The molecule has 0 unspecified atom stereocenters. The fourth-order valence-corrected chi connectivity index (χ4v) is 2.95. The van der Waals surface area contributed by atoms with Gasteiger partial charge in [0.2, 0.25) is 5.16 Å². The minimum Gasteiger partial charge on any atom is -0.318 e. The van der Waals surface area contributed by atoms with Crippen molar-refractivity contribution in [3.05, 3.63) is 16.1 Å². The number of aryl methyl sites for hydroxylation is 1. The number of nitrogens with one attached hydrogen (secondary N) is 1. The third-order valence-electron chi connectivity index (χ3n) is 2.06. The topological polar surface area (TPSA) is 68.5 Å². The molecule has 8 heteroatoms. The summed E-state index contributed by atoms with van der Waals surface area (Å²) in [5.41, 5.74) is 1.07. The molecule has 0 aliphatic carbocycles. The molecule has 2 rings (SSSR count). The first kappa shape index (κ1) is 12.5. The molecule has 17 heavy (non-hydrogen) atoms. The molecular weight excluding hydrogens is 256 g/mol. The SMILES string of the molecule is CNCCn1nnnc1SCc1nc(C)cs1. The Balaban J connectivity index is 1.92. The zero-order valence-electron chi connectivity index (χ0n) is 9.75. The minimum atomic E-state index is 0.780. The Morgan fingerprint density at radius 1 is 1.53 bits per heavy atom. The zero-order valence-corrected chi connectivity index (χ0v) is 11.4. The van der Waals surface area contributed by atoms with Gasteiger partial charge in [0.25, 0.3) is 0 Å². The van der Waals surface area contributed by atoms with Crippen molar-refractivity contribution in [1.29, 1.82) is 0 Å². The molecule has 0 aromatic carbocycles. The highest BCUT2D eigenvalue weighted by Gasteiger charge is 2.07. The summed E-state index contributed by atoms with van der Waals surface area (Å²) in [7, 11) is 1.91. The number of hydrogen-bond acceptors (Lipinski definition) is 7. The van der Waals surface area contributed by atoms with Gasteiger partial charge in [-0.05, 0) is 24.4 Å². The molecule has 92 valence electrons. The summed E-state index contributed by atoms with van der Waals surface area (Å²) in [6, 6.07) is 0. The highest BCUT2D eigenvalue weighted by atomic mass is 32.2. The molecule has 0 saturated heterocycles. The Morgan fingerprint density at radius 3 is 3.12 bits per heavy atom. The third kappa shape index (κ3) is 3.48. The maximum absolute atomic E-state index is 4.41. The van der Waals surface area contributed by atoms with Gasteiger partial charge in [-0.25, -0.2) is 9.67 Å². The molecule has 2 aromatic rings. The molecule has 6 nitrogen and oxygen atoms in total. The second-order valence-corrected chi connectivity index (χ2v) is 5.34. The first-order valence-electron chi connectivity index (χ1n) is 5.24. The lowest BCUT2D eigenvalue weighted by Crippen LogP contribution is -2.16. The van der Waals surface area contributed by atoms with Crippen LogP contribution in [-0.2, 0) is 12.3 Å². The van der Waals surface area contributed by atoms with E-state index < -0.39 is 0 Å². The number of thiazole rings is 1. The average molecular weight is 270 g/mol. The van der Waals surface area contributed by atoms with E-state index >= 15 is 0 Å².